The molecule has 3 rings (SSSR count). The molecule has 1 N–H and O–H groups in total. The quantitative estimate of drug-likeness (QED) is 0.746. The lowest BCUT2D eigenvalue weighted by Gasteiger charge is -2.11. The summed E-state index contributed by atoms with van der Waals surface area (Å²) in [5, 5.41) is 0. The molecule has 0 amide bonds. The zero-order chi connectivity index (χ0) is 13.4. The van der Waals surface area contributed by atoms with Crippen molar-refractivity contribution in [1.82, 2.24) is 19.5 Å². The Morgan fingerprint density at radius 3 is 2.74 bits per heavy atom. The minimum Gasteiger partial charge on any atom is -0.363 e. The van der Waals surface area contributed by atoms with Crippen molar-refractivity contribution in [2.45, 2.75) is 0 Å². The van der Waals surface area contributed by atoms with Crippen molar-refractivity contribution >= 4 is 17.0 Å². The van der Waals surface area contributed by atoms with E-state index in [1.807, 2.05) is 37.2 Å². The Bertz CT molecular complexity index is 770. The summed E-state index contributed by atoms with van der Waals surface area (Å²) in [6.07, 6.45) is 3.33. The molecule has 0 atom stereocenters. The third-order valence-corrected chi connectivity index (χ3v) is 2.89. The van der Waals surface area contributed by atoms with Crippen LogP contribution in [0.5, 0.6) is 0 Å². The number of pyridine rings is 2. The number of anilines is 1. The fourth-order valence-electron chi connectivity index (χ4n) is 1.95. The number of nitrogens with one attached hydrogen (secondary N) is 1. The average molecular weight is 255 g/mol. The van der Waals surface area contributed by atoms with Gasteiger partial charge in [-0.05, 0) is 24.3 Å². The van der Waals surface area contributed by atoms with E-state index >= 15 is 0 Å². The third-order valence-electron chi connectivity index (χ3n) is 2.89. The zero-order valence-electron chi connectivity index (χ0n) is 10.7. The number of imidazole rings is 1. The van der Waals surface area contributed by atoms with E-state index in [1.54, 1.807) is 18.5 Å². The summed E-state index contributed by atoms with van der Waals surface area (Å²) in [5.41, 5.74) is 1.80. The number of hydrogen-bond donors (Lipinski definition) is 1. The fourth-order valence-corrected chi connectivity index (χ4v) is 1.95. The maximum atomic E-state index is 12.0. The molecule has 6 nitrogen and oxygen atoms in total. The first-order valence-corrected chi connectivity index (χ1v) is 5.86. The lowest BCUT2D eigenvalue weighted by Crippen LogP contribution is -2.16. The van der Waals surface area contributed by atoms with E-state index < -0.39 is 0 Å². The summed E-state index contributed by atoms with van der Waals surface area (Å²) in [6.45, 7) is 0. The van der Waals surface area contributed by atoms with Crippen LogP contribution in [0.2, 0.25) is 0 Å². The van der Waals surface area contributed by atoms with Crippen LogP contribution < -0.4 is 10.6 Å². The highest BCUT2D eigenvalue weighted by atomic mass is 16.1. The van der Waals surface area contributed by atoms with E-state index in [1.165, 1.54) is 4.57 Å². The van der Waals surface area contributed by atoms with Gasteiger partial charge < -0.3 is 9.88 Å². The molecule has 3 heterocycles. The monoisotopic (exact) mass is 255 g/mol. The third kappa shape index (κ3) is 1.87. The van der Waals surface area contributed by atoms with Crippen molar-refractivity contribution in [2.75, 3.05) is 19.0 Å². The van der Waals surface area contributed by atoms with Crippen LogP contribution in [0.25, 0.3) is 16.9 Å². The number of hydrogen-bond acceptors (Lipinski definition) is 4. The lowest BCUT2D eigenvalue weighted by molar-refractivity contribution is 0.979. The number of nitrogens with zero attached hydrogens (tertiary/aromatic N) is 4. The molecular weight excluding hydrogens is 242 g/mol. The van der Waals surface area contributed by atoms with Gasteiger partial charge in [0, 0.05) is 20.3 Å². The maximum Gasteiger partial charge on any atom is 0.332 e. The van der Waals surface area contributed by atoms with E-state index in [4.69, 9.17) is 0 Å². The van der Waals surface area contributed by atoms with Gasteiger partial charge in [0.15, 0.2) is 5.65 Å². The van der Waals surface area contributed by atoms with Crippen molar-refractivity contribution in [2.24, 2.45) is 0 Å². The van der Waals surface area contributed by atoms with Gasteiger partial charge in [-0.3, -0.25) is 0 Å². The first-order chi connectivity index (χ1) is 9.16. The normalized spacial score (nSPS) is 10.8. The second-order valence-electron chi connectivity index (χ2n) is 4.41. The number of rotatable bonds is 2. The highest BCUT2D eigenvalue weighted by Crippen LogP contribution is 2.14. The molecule has 3 aromatic heterocycles. The van der Waals surface area contributed by atoms with E-state index in [0.717, 1.165) is 5.82 Å². The number of aromatic amines is 1. The second-order valence-corrected chi connectivity index (χ2v) is 4.41. The predicted octanol–water partition coefficient (Wildman–Crippen LogP) is 1.17. The minimum absolute atomic E-state index is 0.215. The van der Waals surface area contributed by atoms with Gasteiger partial charge in [0.05, 0.1) is 17.4 Å². The van der Waals surface area contributed by atoms with Gasteiger partial charge in [-0.25, -0.2) is 19.3 Å². The minimum atomic E-state index is -0.215. The molecule has 0 saturated carbocycles. The molecule has 0 fully saturated rings. The number of fused-ring (bicyclic) bond motifs is 1. The summed E-state index contributed by atoms with van der Waals surface area (Å²) in [4.78, 5) is 25.2. The van der Waals surface area contributed by atoms with Crippen molar-refractivity contribution in [1.29, 1.82) is 0 Å². The van der Waals surface area contributed by atoms with Crippen molar-refractivity contribution < 1.29 is 0 Å². The van der Waals surface area contributed by atoms with E-state index in [-0.39, 0.29) is 5.69 Å². The molecule has 0 aliphatic heterocycles. The molecule has 0 bridgehead atoms. The van der Waals surface area contributed by atoms with Crippen molar-refractivity contribution in [3.8, 4) is 5.69 Å². The van der Waals surface area contributed by atoms with Crippen LogP contribution in [-0.4, -0.2) is 33.6 Å². The Labute approximate surface area is 109 Å². The standard InChI is InChI=1S/C13H13N5O/c1-17(2)11-6-5-9(8-15-11)18-12-10(16-13(18)19)4-3-7-14-12/h3-8H,1-2H3,(H,16,19). The molecule has 0 spiro atoms. The Morgan fingerprint density at radius 1 is 1.21 bits per heavy atom. The highest BCUT2D eigenvalue weighted by molar-refractivity contribution is 5.72. The smallest absolute Gasteiger partial charge is 0.332 e. The zero-order valence-corrected chi connectivity index (χ0v) is 10.7. The van der Waals surface area contributed by atoms with Crippen LogP contribution in [0, 0.1) is 0 Å². The Morgan fingerprint density at radius 2 is 2.05 bits per heavy atom. The molecule has 0 aliphatic carbocycles. The lowest BCUT2D eigenvalue weighted by atomic mass is 10.3. The maximum absolute atomic E-state index is 12.0. The second kappa shape index (κ2) is 4.24. The van der Waals surface area contributed by atoms with Crippen LogP contribution in [0.1, 0.15) is 0 Å². The molecule has 96 valence electrons. The summed E-state index contributed by atoms with van der Waals surface area (Å²) in [5.74, 6) is 0.838. The Balaban J connectivity index is 2.19. The van der Waals surface area contributed by atoms with E-state index in [0.29, 0.717) is 16.9 Å². The molecule has 6 heteroatoms. The first-order valence-electron chi connectivity index (χ1n) is 5.86. The molecule has 0 unspecified atom stereocenters. The number of H-pyrrole nitrogens is 1. The molecule has 19 heavy (non-hydrogen) atoms. The number of aromatic nitrogens is 4. The summed E-state index contributed by atoms with van der Waals surface area (Å²) in [6, 6.07) is 7.33. The van der Waals surface area contributed by atoms with Gasteiger partial charge >= 0.3 is 5.69 Å². The van der Waals surface area contributed by atoms with Gasteiger partial charge in [-0.2, -0.15) is 0 Å². The Kier molecular flexibility index (Phi) is 2.56. The first kappa shape index (κ1) is 11.5. The molecule has 3 aromatic rings. The van der Waals surface area contributed by atoms with Crippen molar-refractivity contribution in [3.63, 3.8) is 0 Å². The van der Waals surface area contributed by atoms with Crippen LogP contribution in [-0.2, 0) is 0 Å². The van der Waals surface area contributed by atoms with Gasteiger partial charge in [0.1, 0.15) is 5.82 Å². The average Bonchev–Trinajstić information content (AvgIpc) is 2.74. The molecule has 0 radical (unpaired) electrons. The molecular formula is C13H13N5O. The topological polar surface area (TPSA) is 66.8 Å². The predicted molar refractivity (Wildman–Crippen MR) is 73.8 cm³/mol. The summed E-state index contributed by atoms with van der Waals surface area (Å²) in [7, 11) is 3.84. The van der Waals surface area contributed by atoms with Crippen LogP contribution in [0.15, 0.2) is 41.5 Å². The van der Waals surface area contributed by atoms with Gasteiger partial charge in [0.25, 0.3) is 0 Å². The van der Waals surface area contributed by atoms with Crippen LogP contribution >= 0.6 is 0 Å². The van der Waals surface area contributed by atoms with Crippen LogP contribution in [0.4, 0.5) is 5.82 Å². The molecule has 0 saturated heterocycles. The summed E-state index contributed by atoms with van der Waals surface area (Å²) < 4.78 is 1.52. The highest BCUT2D eigenvalue weighted by Gasteiger charge is 2.09. The van der Waals surface area contributed by atoms with E-state index in [9.17, 15) is 4.79 Å². The van der Waals surface area contributed by atoms with Gasteiger partial charge in [-0.15, -0.1) is 0 Å². The van der Waals surface area contributed by atoms with E-state index in [2.05, 4.69) is 15.0 Å². The molecule has 0 aliphatic rings. The fraction of sp³-hybridized carbons (Fsp3) is 0.154. The Hall–Kier alpha value is -2.63. The van der Waals surface area contributed by atoms with Crippen molar-refractivity contribution in [3.05, 3.63) is 47.1 Å². The van der Waals surface area contributed by atoms with Crippen LogP contribution in [0.3, 0.4) is 0 Å². The molecule has 0 aromatic carbocycles. The largest absolute Gasteiger partial charge is 0.363 e. The SMILES string of the molecule is CN(C)c1ccc(-n2c(=O)[nH]c3cccnc32)cn1. The summed E-state index contributed by atoms with van der Waals surface area (Å²) >= 11 is 0. The van der Waals surface area contributed by atoms with Gasteiger partial charge in [-0.1, -0.05) is 0 Å². The van der Waals surface area contributed by atoms with Gasteiger partial charge in [0.2, 0.25) is 0 Å².